The Kier molecular flexibility index (Phi) is 3.28. The van der Waals surface area contributed by atoms with E-state index in [1.54, 1.807) is 0 Å². The van der Waals surface area contributed by atoms with Crippen LogP contribution in [0.15, 0.2) is 192 Å². The maximum atomic E-state index is 9.84. The van der Waals surface area contributed by atoms with Gasteiger partial charge < -0.3 is 4.42 Å². The third-order valence-electron chi connectivity index (χ3n) is 8.32. The van der Waals surface area contributed by atoms with Gasteiger partial charge in [-0.1, -0.05) is 157 Å². The second-order valence-electron chi connectivity index (χ2n) is 11.6. The van der Waals surface area contributed by atoms with Crippen molar-refractivity contribution in [3.8, 4) is 67.5 Å². The van der Waals surface area contributed by atoms with Crippen LogP contribution in [0.5, 0.6) is 0 Å². The number of rotatable bonds is 6. The van der Waals surface area contributed by atoms with Gasteiger partial charge >= 0.3 is 0 Å². The highest BCUT2D eigenvalue weighted by Gasteiger charge is 2.18. The highest BCUT2D eigenvalue weighted by atomic mass is 32.1. The molecule has 0 aliphatic carbocycles. The average Bonchev–Trinajstić information content (AvgIpc) is 1.63. The molecule has 5 heteroatoms. The summed E-state index contributed by atoms with van der Waals surface area (Å²) in [5, 5.41) is -1.92. The van der Waals surface area contributed by atoms with Crippen LogP contribution in [0.1, 0.15) is 42.5 Å². The van der Waals surface area contributed by atoms with Gasteiger partial charge in [0.05, 0.1) is 42.5 Å². The Morgan fingerprint density at radius 2 is 0.911 bits per heavy atom. The molecule has 56 heavy (non-hydrogen) atoms. The molecule has 3 aromatic heterocycles. The number of benzene rings is 8. The molecule has 0 N–H and O–H groups in total. The van der Waals surface area contributed by atoms with Gasteiger partial charge in [-0.3, -0.25) is 0 Å². The molecule has 262 valence electrons. The number of fused-ring (bicyclic) bond motifs is 6. The molecule has 11 aromatic rings. The Balaban J connectivity index is 1.23. The Hall–Kier alpha value is -7.21. The molecule has 0 spiro atoms. The molecule has 8 aromatic carbocycles. The van der Waals surface area contributed by atoms with Gasteiger partial charge in [0.25, 0.3) is 0 Å². The van der Waals surface area contributed by atoms with Crippen molar-refractivity contribution in [2.24, 2.45) is 0 Å². The Morgan fingerprint density at radius 1 is 0.375 bits per heavy atom. The van der Waals surface area contributed by atoms with E-state index >= 15 is 0 Å². The second kappa shape index (κ2) is 13.3. The van der Waals surface area contributed by atoms with Crippen LogP contribution < -0.4 is 0 Å². The van der Waals surface area contributed by atoms with Crippen molar-refractivity contribution in [3.63, 3.8) is 0 Å². The van der Waals surface area contributed by atoms with E-state index in [2.05, 4.69) is 15.0 Å². The SMILES string of the molecule is [2H]c1c([2H])c([2H])c(-c2nc(-c3c([2H])c([2H])c([2H])c([2H])c3[2H])nc(-c3c([2H])c([2H])c4c(oc5c([2H])c([2H])c(-c6c([2H])c([2H])c(-c7c([2H])c([2H])c(-c8c([2H])c([2H])c([2H])c([2H])c8[2H])c([2H])c7[2H])c7c6sc6c([2H])c([2H])c([2H])c([2H])c67)c([2H])c54)c3[2H])n2)c([2H])c1[2H]. The second-order valence-corrected chi connectivity index (χ2v) is 12.6. The summed E-state index contributed by atoms with van der Waals surface area (Å²) in [5.74, 6) is -2.38. The standard InChI is InChI=1S/C51H31N3OS/c1-4-12-32(13-5-1)33-20-22-34(23-21-33)39-27-28-40(48-47(39)42-18-10-11-19-46(42)56-48)37-25-29-44-43(30-37)41-26-24-38(31-45(41)55-44)51-53-49(35-14-6-2-7-15-35)52-50(54-51)36-16-8-3-9-17-36/h1-31H/i1D,2D,3D,4D,5D,6D,7D,8D,9D,10D,11D,12D,13D,14D,15D,16D,17D,18D,19D,20D,21D,22D,23D,24D,25D,26D,27D,28D,29D,30D,31D. The predicted molar refractivity (Wildman–Crippen MR) is 233 cm³/mol. The van der Waals surface area contributed by atoms with Crippen LogP contribution in [0, 0.1) is 0 Å². The summed E-state index contributed by atoms with van der Waals surface area (Å²) in [7, 11) is 0. The van der Waals surface area contributed by atoms with Gasteiger partial charge in [-0.25, -0.2) is 15.0 Å². The van der Waals surface area contributed by atoms with Crippen LogP contribution in [0.3, 0.4) is 0 Å². The molecule has 0 amide bonds. The first kappa shape index (κ1) is 13.8. The Bertz CT molecular complexity index is 4870. The summed E-state index contributed by atoms with van der Waals surface area (Å²) >= 11 is 0.542. The molecule has 4 nitrogen and oxygen atoms in total. The molecule has 0 saturated heterocycles. The quantitative estimate of drug-likeness (QED) is 0.169. The zero-order valence-corrected chi connectivity index (χ0v) is 28.5. The summed E-state index contributed by atoms with van der Waals surface area (Å²) in [6.45, 7) is 0. The first-order chi connectivity index (χ1) is 40.6. The highest BCUT2D eigenvalue weighted by molar-refractivity contribution is 7.26. The van der Waals surface area contributed by atoms with E-state index in [4.69, 9.17) is 33.2 Å². The van der Waals surface area contributed by atoms with Crippen LogP contribution in [-0.4, -0.2) is 15.0 Å². The van der Waals surface area contributed by atoms with E-state index in [-0.39, 0.29) is 9.40 Å². The molecule has 0 radical (unpaired) electrons. The molecule has 0 atom stereocenters. The fourth-order valence-corrected chi connectivity index (χ4v) is 6.97. The smallest absolute Gasteiger partial charge is 0.164 e. The minimum Gasteiger partial charge on any atom is -0.456 e. The van der Waals surface area contributed by atoms with Gasteiger partial charge in [0.15, 0.2) is 17.5 Å². The van der Waals surface area contributed by atoms with E-state index in [1.807, 2.05) is 0 Å². The van der Waals surface area contributed by atoms with Crippen molar-refractivity contribution < 1.29 is 46.9 Å². The number of thiophene rings is 1. The van der Waals surface area contributed by atoms with Crippen LogP contribution in [-0.2, 0) is 0 Å². The lowest BCUT2D eigenvalue weighted by atomic mass is 9.93. The molecule has 0 fully saturated rings. The van der Waals surface area contributed by atoms with Crippen LogP contribution in [0.2, 0.25) is 0 Å². The molecule has 0 unspecified atom stereocenters. The van der Waals surface area contributed by atoms with Crippen LogP contribution in [0.25, 0.3) is 110 Å². The van der Waals surface area contributed by atoms with Crippen molar-refractivity contribution in [2.75, 3.05) is 0 Å². The summed E-state index contributed by atoms with van der Waals surface area (Å²) < 4.78 is 280. The normalized spacial score (nSPS) is 19.3. The monoisotopic (exact) mass is 764 g/mol. The highest BCUT2D eigenvalue weighted by Crippen LogP contribution is 2.46. The number of hydrogen-bond acceptors (Lipinski definition) is 5. The summed E-state index contributed by atoms with van der Waals surface area (Å²) in [6, 6.07) is -27.3. The molecular weight excluding hydrogens is 703 g/mol. The topological polar surface area (TPSA) is 51.8 Å². The van der Waals surface area contributed by atoms with Gasteiger partial charge in [0.1, 0.15) is 11.2 Å². The molecular formula is C51H31N3OS. The molecule has 0 aliphatic rings. The molecule has 0 saturated carbocycles. The van der Waals surface area contributed by atoms with E-state index in [9.17, 15) is 13.7 Å². The summed E-state index contributed by atoms with van der Waals surface area (Å²) in [4.78, 5) is 12.7. The number of nitrogens with zero attached hydrogens (tertiary/aromatic N) is 3. The lowest BCUT2D eigenvalue weighted by Gasteiger charge is -2.11. The summed E-state index contributed by atoms with van der Waals surface area (Å²) in [6.07, 6.45) is 0. The van der Waals surface area contributed by atoms with Crippen LogP contribution in [0.4, 0.5) is 0 Å². The first-order valence-electron chi connectivity index (χ1n) is 31.7. The van der Waals surface area contributed by atoms with Gasteiger partial charge in [0.2, 0.25) is 0 Å². The molecule has 0 bridgehead atoms. The lowest BCUT2D eigenvalue weighted by molar-refractivity contribution is 0.669. The van der Waals surface area contributed by atoms with Crippen molar-refractivity contribution in [3.05, 3.63) is 187 Å². The number of aromatic nitrogens is 3. The zero-order valence-electron chi connectivity index (χ0n) is 58.7. The lowest BCUT2D eigenvalue weighted by Crippen LogP contribution is -2.00. The van der Waals surface area contributed by atoms with Crippen molar-refractivity contribution in [1.29, 1.82) is 0 Å². The van der Waals surface area contributed by atoms with Crippen molar-refractivity contribution in [1.82, 2.24) is 15.0 Å². The minimum absolute atomic E-state index is 0.269. The van der Waals surface area contributed by atoms with E-state index in [0.29, 0.717) is 11.3 Å². The third-order valence-corrected chi connectivity index (χ3v) is 9.44. The van der Waals surface area contributed by atoms with Crippen LogP contribution >= 0.6 is 11.3 Å². The predicted octanol–water partition coefficient (Wildman–Crippen LogP) is 14.1. The van der Waals surface area contributed by atoms with Gasteiger partial charge in [-0.15, -0.1) is 11.3 Å². The Morgan fingerprint density at radius 3 is 1.61 bits per heavy atom. The average molecular weight is 765 g/mol. The molecule has 0 aliphatic heterocycles. The third kappa shape index (κ3) is 5.56. The number of furan rings is 1. The minimum atomic E-state index is -0.991. The fourth-order valence-electron chi connectivity index (χ4n) is 5.84. The van der Waals surface area contributed by atoms with Crippen molar-refractivity contribution >= 4 is 53.4 Å². The summed E-state index contributed by atoms with van der Waals surface area (Å²) in [5.41, 5.74) is -7.60. The van der Waals surface area contributed by atoms with E-state index in [0.717, 1.165) is 0 Å². The van der Waals surface area contributed by atoms with Crippen molar-refractivity contribution in [2.45, 2.75) is 0 Å². The Labute approximate surface area is 370 Å². The van der Waals surface area contributed by atoms with E-state index in [1.165, 1.54) is 0 Å². The fraction of sp³-hybridized carbons (Fsp3) is 0. The van der Waals surface area contributed by atoms with Gasteiger partial charge in [-0.2, -0.15) is 0 Å². The van der Waals surface area contributed by atoms with E-state index < -0.39 is 288 Å². The largest absolute Gasteiger partial charge is 0.456 e. The maximum Gasteiger partial charge on any atom is 0.164 e. The molecule has 3 heterocycles. The maximum absolute atomic E-state index is 9.84. The number of hydrogen-bond donors (Lipinski definition) is 0. The molecule has 11 rings (SSSR count). The van der Waals surface area contributed by atoms with Gasteiger partial charge in [0, 0.05) is 47.6 Å². The van der Waals surface area contributed by atoms with Gasteiger partial charge in [-0.05, 0) is 63.6 Å². The first-order valence-corrected chi connectivity index (χ1v) is 17.0. The zero-order chi connectivity index (χ0) is 64.0.